The standard InChI is InChI=1S/C9H10ClNO3/c1-4-3-5(14-2)8(11)6(7(4)10)9(12)13/h3H,11H2,1-2H3,(H,12,13). The van der Waals surface area contributed by atoms with Gasteiger partial charge in [0.25, 0.3) is 0 Å². The number of carboxylic acid groups (broad SMARTS) is 1. The summed E-state index contributed by atoms with van der Waals surface area (Å²) >= 11 is 5.81. The van der Waals surface area contributed by atoms with Gasteiger partial charge in [0, 0.05) is 0 Å². The van der Waals surface area contributed by atoms with E-state index in [2.05, 4.69) is 0 Å². The molecule has 1 aromatic rings. The van der Waals surface area contributed by atoms with E-state index in [1.807, 2.05) is 0 Å². The molecule has 0 atom stereocenters. The molecule has 3 N–H and O–H groups in total. The van der Waals surface area contributed by atoms with Crippen molar-refractivity contribution in [1.29, 1.82) is 0 Å². The van der Waals surface area contributed by atoms with Gasteiger partial charge in [0.05, 0.1) is 17.8 Å². The first-order chi connectivity index (χ1) is 6.49. The van der Waals surface area contributed by atoms with Crippen molar-refractivity contribution in [2.75, 3.05) is 12.8 Å². The number of nitrogen functional groups attached to an aromatic ring is 1. The van der Waals surface area contributed by atoms with Gasteiger partial charge in [-0.15, -0.1) is 0 Å². The predicted octanol–water partition coefficient (Wildman–Crippen LogP) is 1.94. The number of halogens is 1. The molecule has 0 radical (unpaired) electrons. The van der Waals surface area contributed by atoms with Gasteiger partial charge in [-0.2, -0.15) is 0 Å². The van der Waals surface area contributed by atoms with Crippen molar-refractivity contribution in [3.05, 3.63) is 22.2 Å². The van der Waals surface area contributed by atoms with Crippen LogP contribution < -0.4 is 10.5 Å². The van der Waals surface area contributed by atoms with Crippen molar-refractivity contribution in [3.8, 4) is 5.75 Å². The number of hydrogen-bond acceptors (Lipinski definition) is 3. The van der Waals surface area contributed by atoms with E-state index >= 15 is 0 Å². The van der Waals surface area contributed by atoms with Crippen LogP contribution in [0.3, 0.4) is 0 Å². The Bertz CT molecular complexity index is 390. The molecule has 1 rings (SSSR count). The summed E-state index contributed by atoms with van der Waals surface area (Å²) in [5, 5.41) is 9.02. The van der Waals surface area contributed by atoms with Crippen molar-refractivity contribution < 1.29 is 14.6 Å². The van der Waals surface area contributed by atoms with Crippen LogP contribution in [-0.2, 0) is 0 Å². The second kappa shape index (κ2) is 3.75. The van der Waals surface area contributed by atoms with Gasteiger partial charge < -0.3 is 15.6 Å². The number of rotatable bonds is 2. The quantitative estimate of drug-likeness (QED) is 0.740. The minimum Gasteiger partial charge on any atom is -0.495 e. The number of nitrogens with two attached hydrogens (primary N) is 1. The fraction of sp³-hybridized carbons (Fsp3) is 0.222. The molecular weight excluding hydrogens is 206 g/mol. The first kappa shape index (κ1) is 10.7. The highest BCUT2D eigenvalue weighted by Crippen LogP contribution is 2.34. The van der Waals surface area contributed by atoms with Crippen LogP contribution in [0.15, 0.2) is 6.07 Å². The van der Waals surface area contributed by atoms with Gasteiger partial charge in [-0.05, 0) is 18.6 Å². The molecule has 0 bridgehead atoms. The number of aryl methyl sites for hydroxylation is 1. The van der Waals surface area contributed by atoms with Gasteiger partial charge in [0.15, 0.2) is 0 Å². The summed E-state index contributed by atoms with van der Waals surface area (Å²) in [5.41, 5.74) is 6.14. The summed E-state index contributed by atoms with van der Waals surface area (Å²) in [7, 11) is 1.42. The number of carbonyl (C=O) groups is 1. The fourth-order valence-electron chi connectivity index (χ4n) is 1.15. The van der Waals surface area contributed by atoms with Crippen LogP contribution in [-0.4, -0.2) is 18.2 Å². The molecule has 0 saturated heterocycles. The lowest BCUT2D eigenvalue weighted by Gasteiger charge is -2.11. The Morgan fingerprint density at radius 3 is 2.64 bits per heavy atom. The van der Waals surface area contributed by atoms with Crippen molar-refractivity contribution in [2.24, 2.45) is 0 Å². The number of benzene rings is 1. The van der Waals surface area contributed by atoms with E-state index in [-0.39, 0.29) is 16.3 Å². The topological polar surface area (TPSA) is 72.5 Å². The normalized spacial score (nSPS) is 9.93. The van der Waals surface area contributed by atoms with Gasteiger partial charge in [0.2, 0.25) is 0 Å². The van der Waals surface area contributed by atoms with Crippen molar-refractivity contribution in [3.63, 3.8) is 0 Å². The van der Waals surface area contributed by atoms with E-state index in [4.69, 9.17) is 27.2 Å². The second-order valence-corrected chi connectivity index (χ2v) is 3.18. The summed E-state index contributed by atoms with van der Waals surface area (Å²) in [6, 6.07) is 1.60. The zero-order valence-corrected chi connectivity index (χ0v) is 8.55. The Hall–Kier alpha value is -1.42. The largest absolute Gasteiger partial charge is 0.495 e. The highest BCUT2D eigenvalue weighted by Gasteiger charge is 2.18. The molecule has 0 aromatic heterocycles. The van der Waals surface area contributed by atoms with Gasteiger partial charge in [0.1, 0.15) is 11.3 Å². The van der Waals surface area contributed by atoms with Gasteiger partial charge in [-0.25, -0.2) is 4.79 Å². The lowest BCUT2D eigenvalue weighted by Crippen LogP contribution is -2.06. The van der Waals surface area contributed by atoms with Crippen LogP contribution in [0.2, 0.25) is 5.02 Å². The summed E-state index contributed by atoms with van der Waals surface area (Å²) in [6.07, 6.45) is 0. The monoisotopic (exact) mass is 215 g/mol. The molecule has 0 fully saturated rings. The fourth-order valence-corrected chi connectivity index (χ4v) is 1.39. The van der Waals surface area contributed by atoms with Crippen molar-refractivity contribution >= 4 is 23.3 Å². The van der Waals surface area contributed by atoms with Gasteiger partial charge in [-0.1, -0.05) is 11.6 Å². The van der Waals surface area contributed by atoms with E-state index in [1.54, 1.807) is 13.0 Å². The van der Waals surface area contributed by atoms with Crippen LogP contribution in [0.5, 0.6) is 5.75 Å². The maximum absolute atomic E-state index is 10.8. The zero-order chi connectivity index (χ0) is 10.9. The molecule has 0 saturated carbocycles. The van der Waals surface area contributed by atoms with Crippen LogP contribution in [0.1, 0.15) is 15.9 Å². The number of hydrogen-bond donors (Lipinski definition) is 2. The molecule has 1 aromatic carbocycles. The Labute approximate surface area is 86.2 Å². The van der Waals surface area contributed by atoms with E-state index in [1.165, 1.54) is 7.11 Å². The average Bonchev–Trinajstić information content (AvgIpc) is 2.11. The summed E-state index contributed by atoms with van der Waals surface area (Å²) in [6.45, 7) is 1.69. The number of methoxy groups -OCH3 is 1. The highest BCUT2D eigenvalue weighted by atomic mass is 35.5. The molecule has 76 valence electrons. The maximum Gasteiger partial charge on any atom is 0.339 e. The molecule has 0 aliphatic carbocycles. The zero-order valence-electron chi connectivity index (χ0n) is 7.80. The number of anilines is 1. The average molecular weight is 216 g/mol. The molecule has 0 unspecified atom stereocenters. The Balaban J connectivity index is 3.53. The Morgan fingerprint density at radius 1 is 1.64 bits per heavy atom. The summed E-state index contributed by atoms with van der Waals surface area (Å²) < 4.78 is 4.92. The molecule has 0 heterocycles. The lowest BCUT2D eigenvalue weighted by atomic mass is 10.1. The second-order valence-electron chi connectivity index (χ2n) is 2.80. The molecule has 4 nitrogen and oxygen atoms in total. The molecule has 14 heavy (non-hydrogen) atoms. The maximum atomic E-state index is 10.8. The van der Waals surface area contributed by atoms with Crippen LogP contribution in [0.4, 0.5) is 5.69 Å². The molecule has 0 amide bonds. The minimum absolute atomic E-state index is 0.0515. The predicted molar refractivity (Wildman–Crippen MR) is 54.1 cm³/mol. The van der Waals surface area contributed by atoms with E-state index in [0.717, 1.165) is 0 Å². The third-order valence-electron chi connectivity index (χ3n) is 1.88. The summed E-state index contributed by atoms with van der Waals surface area (Å²) in [5.74, 6) is -0.834. The lowest BCUT2D eigenvalue weighted by molar-refractivity contribution is 0.0698. The Kier molecular flexibility index (Phi) is 2.86. The molecular formula is C9H10ClNO3. The minimum atomic E-state index is -1.16. The van der Waals surface area contributed by atoms with Crippen molar-refractivity contribution in [1.82, 2.24) is 0 Å². The van der Waals surface area contributed by atoms with Crippen LogP contribution >= 0.6 is 11.6 Å². The van der Waals surface area contributed by atoms with E-state index < -0.39 is 5.97 Å². The molecule has 0 aliphatic heterocycles. The number of aromatic carboxylic acids is 1. The number of carboxylic acids is 1. The van der Waals surface area contributed by atoms with E-state index in [9.17, 15) is 4.79 Å². The molecule has 0 aliphatic rings. The van der Waals surface area contributed by atoms with E-state index in [0.29, 0.717) is 11.3 Å². The molecule has 0 spiro atoms. The third kappa shape index (κ3) is 1.61. The van der Waals surface area contributed by atoms with Crippen LogP contribution in [0, 0.1) is 6.92 Å². The Morgan fingerprint density at radius 2 is 2.21 bits per heavy atom. The smallest absolute Gasteiger partial charge is 0.339 e. The first-order valence-electron chi connectivity index (χ1n) is 3.85. The highest BCUT2D eigenvalue weighted by molar-refractivity contribution is 6.35. The van der Waals surface area contributed by atoms with Gasteiger partial charge in [-0.3, -0.25) is 0 Å². The summed E-state index contributed by atoms with van der Waals surface area (Å²) in [4.78, 5) is 10.8. The molecule has 5 heteroatoms. The first-order valence-corrected chi connectivity index (χ1v) is 4.22. The number of ether oxygens (including phenoxy) is 1. The third-order valence-corrected chi connectivity index (χ3v) is 2.37. The SMILES string of the molecule is COc1cc(C)c(Cl)c(C(=O)O)c1N. The van der Waals surface area contributed by atoms with Gasteiger partial charge >= 0.3 is 5.97 Å². The van der Waals surface area contributed by atoms with Crippen molar-refractivity contribution in [2.45, 2.75) is 6.92 Å². The van der Waals surface area contributed by atoms with Crippen LogP contribution in [0.25, 0.3) is 0 Å².